The molecular weight excluding hydrogens is 652 g/mol. The van der Waals surface area contributed by atoms with E-state index in [0.29, 0.717) is 31.1 Å². The molecule has 0 saturated carbocycles. The van der Waals surface area contributed by atoms with Crippen molar-refractivity contribution < 1.29 is 33.3 Å². The Morgan fingerprint density at radius 1 is 0.654 bits per heavy atom. The van der Waals surface area contributed by atoms with Crippen LogP contribution in [0.2, 0.25) is 0 Å². The first-order chi connectivity index (χ1) is 25.5. The molecule has 0 aliphatic heterocycles. The second-order valence-corrected chi connectivity index (χ2v) is 12.5. The normalized spacial score (nSPS) is 11.6. The molecule has 274 valence electrons. The second-order valence-electron chi connectivity index (χ2n) is 12.5. The molecule has 1 atom stereocenters. The molecule has 0 heterocycles. The van der Waals surface area contributed by atoms with Gasteiger partial charge in [0.05, 0.1) is 38.6 Å². The minimum Gasteiger partial charge on any atom is -0.494 e. The van der Waals surface area contributed by atoms with Crippen molar-refractivity contribution in [1.82, 2.24) is 0 Å². The fourth-order valence-corrected chi connectivity index (χ4v) is 5.33. The summed E-state index contributed by atoms with van der Waals surface area (Å²) in [5.74, 6) is 0.777. The van der Waals surface area contributed by atoms with Crippen molar-refractivity contribution in [2.24, 2.45) is 0 Å². The summed E-state index contributed by atoms with van der Waals surface area (Å²) in [4.78, 5) is 24.2. The summed E-state index contributed by atoms with van der Waals surface area (Å²) in [5, 5.41) is 0. The van der Waals surface area contributed by atoms with Crippen LogP contribution in [0.4, 0.5) is 0 Å². The van der Waals surface area contributed by atoms with Crippen molar-refractivity contribution in [3.8, 4) is 11.5 Å². The van der Waals surface area contributed by atoms with E-state index in [4.69, 9.17) is 23.7 Å². The predicted molar refractivity (Wildman–Crippen MR) is 207 cm³/mol. The maximum absolute atomic E-state index is 13.1. The molecule has 7 heteroatoms. The van der Waals surface area contributed by atoms with Crippen molar-refractivity contribution in [3.05, 3.63) is 144 Å². The number of rotatable bonds is 24. The van der Waals surface area contributed by atoms with Crippen LogP contribution in [0.1, 0.15) is 97.0 Å². The van der Waals surface area contributed by atoms with Gasteiger partial charge in [-0.05, 0) is 90.8 Å². The largest absolute Gasteiger partial charge is 0.494 e. The van der Waals surface area contributed by atoms with Crippen LogP contribution in [0.25, 0.3) is 12.2 Å². The molecule has 0 N–H and O–H groups in total. The minimum atomic E-state index is -0.565. The average molecular weight is 705 g/mol. The van der Waals surface area contributed by atoms with Crippen LogP contribution in [0, 0.1) is 0 Å². The molecule has 0 aliphatic carbocycles. The van der Waals surface area contributed by atoms with Crippen LogP contribution in [0.15, 0.2) is 116 Å². The van der Waals surface area contributed by atoms with Gasteiger partial charge in [0.15, 0.2) is 6.10 Å². The molecule has 0 aromatic heterocycles. The Morgan fingerprint density at radius 2 is 1.21 bits per heavy atom. The topological polar surface area (TPSA) is 80.3 Å². The van der Waals surface area contributed by atoms with Gasteiger partial charge in [-0.15, -0.1) is 0 Å². The van der Waals surface area contributed by atoms with Crippen molar-refractivity contribution in [2.75, 3.05) is 26.4 Å². The Hall–Kier alpha value is -5.14. The van der Waals surface area contributed by atoms with Crippen LogP contribution in [0.5, 0.6) is 11.5 Å². The molecule has 0 radical (unpaired) electrons. The zero-order chi connectivity index (χ0) is 36.6. The molecule has 0 amide bonds. The lowest BCUT2D eigenvalue weighted by Crippen LogP contribution is -2.17. The van der Waals surface area contributed by atoms with E-state index in [1.807, 2.05) is 54.6 Å². The third kappa shape index (κ3) is 15.0. The van der Waals surface area contributed by atoms with Gasteiger partial charge in [0.2, 0.25) is 0 Å². The van der Waals surface area contributed by atoms with Crippen LogP contribution in [-0.2, 0) is 25.6 Å². The van der Waals surface area contributed by atoms with Crippen LogP contribution >= 0.6 is 0 Å². The standard InChI is InChI=1S/C45H52O7/c1-3-5-6-12-31-49-41-27-23-37(24-28-41)18-17-36-19-21-38(22-20-36)34-48-35-43(39-15-10-9-11-16-39)52-45(47)40-25-29-42(30-26-40)50-32-13-7-8-14-33-51-44(46)4-2/h4,9-11,15-30,43H,2-3,5-8,12-14,31-35H2,1H3. The third-order valence-electron chi connectivity index (χ3n) is 8.36. The van der Waals surface area contributed by atoms with Gasteiger partial charge in [-0.3, -0.25) is 0 Å². The molecule has 0 aliphatic rings. The number of benzene rings is 4. The van der Waals surface area contributed by atoms with Crippen LogP contribution < -0.4 is 9.47 Å². The molecule has 4 rings (SSSR count). The highest BCUT2D eigenvalue weighted by atomic mass is 16.6. The quantitative estimate of drug-likeness (QED) is 0.0311. The summed E-state index contributed by atoms with van der Waals surface area (Å²) >= 11 is 0. The fraction of sp³-hybridized carbons (Fsp3) is 0.333. The molecular formula is C45H52O7. The third-order valence-corrected chi connectivity index (χ3v) is 8.36. The molecule has 7 nitrogen and oxygen atoms in total. The van der Waals surface area contributed by atoms with Gasteiger partial charge in [-0.25, -0.2) is 9.59 Å². The maximum atomic E-state index is 13.1. The molecule has 1 unspecified atom stereocenters. The second kappa shape index (κ2) is 23.4. The van der Waals surface area contributed by atoms with Gasteiger partial charge >= 0.3 is 11.9 Å². The van der Waals surface area contributed by atoms with Gasteiger partial charge in [-0.1, -0.05) is 112 Å². The van der Waals surface area contributed by atoms with E-state index in [2.05, 4.69) is 49.9 Å². The lowest BCUT2D eigenvalue weighted by molar-refractivity contribution is -0.137. The number of hydrogen-bond acceptors (Lipinski definition) is 7. The van der Waals surface area contributed by atoms with Gasteiger partial charge in [0.1, 0.15) is 11.5 Å². The SMILES string of the molecule is C=CC(=O)OCCCCCCOc1ccc(C(=O)OC(COCc2ccc(C=Cc3ccc(OCCCCCC)cc3)cc2)c2ccccc2)cc1. The molecule has 4 aromatic rings. The summed E-state index contributed by atoms with van der Waals surface area (Å²) in [5.41, 5.74) is 4.53. The van der Waals surface area contributed by atoms with Gasteiger partial charge < -0.3 is 23.7 Å². The van der Waals surface area contributed by atoms with E-state index in [9.17, 15) is 9.59 Å². The highest BCUT2D eigenvalue weighted by molar-refractivity contribution is 5.89. The maximum Gasteiger partial charge on any atom is 0.338 e. The van der Waals surface area contributed by atoms with E-state index in [1.165, 1.54) is 25.3 Å². The predicted octanol–water partition coefficient (Wildman–Crippen LogP) is 10.6. The smallest absolute Gasteiger partial charge is 0.338 e. The lowest BCUT2D eigenvalue weighted by Gasteiger charge is -2.19. The average Bonchev–Trinajstić information content (AvgIpc) is 3.19. The number of unbranched alkanes of at least 4 members (excludes halogenated alkanes) is 6. The molecule has 0 spiro atoms. The van der Waals surface area contributed by atoms with Crippen molar-refractivity contribution >= 4 is 24.1 Å². The minimum absolute atomic E-state index is 0.216. The Morgan fingerprint density at radius 3 is 1.81 bits per heavy atom. The summed E-state index contributed by atoms with van der Waals surface area (Å²) in [6.45, 7) is 7.93. The summed E-state index contributed by atoms with van der Waals surface area (Å²) in [6.07, 6.45) is 13.2. The van der Waals surface area contributed by atoms with E-state index in [-0.39, 0.29) is 6.61 Å². The monoisotopic (exact) mass is 704 g/mol. The first-order valence-electron chi connectivity index (χ1n) is 18.4. The number of ether oxygens (including phenoxy) is 5. The summed E-state index contributed by atoms with van der Waals surface area (Å²) < 4.78 is 28.7. The van der Waals surface area contributed by atoms with Crippen molar-refractivity contribution in [2.45, 2.75) is 71.0 Å². The Bertz CT molecular complexity index is 1630. The number of carbonyl (C=O) groups excluding carboxylic acids is 2. The first-order valence-corrected chi connectivity index (χ1v) is 18.4. The van der Waals surface area contributed by atoms with Crippen LogP contribution in [-0.4, -0.2) is 38.4 Å². The molecule has 0 saturated heterocycles. The molecule has 0 fully saturated rings. The van der Waals surface area contributed by atoms with E-state index in [0.717, 1.165) is 66.7 Å². The van der Waals surface area contributed by atoms with Gasteiger partial charge in [-0.2, -0.15) is 0 Å². The Labute approximate surface area is 309 Å². The molecule has 0 bridgehead atoms. The fourth-order valence-electron chi connectivity index (χ4n) is 5.33. The van der Waals surface area contributed by atoms with Gasteiger partial charge in [0.25, 0.3) is 0 Å². The molecule has 52 heavy (non-hydrogen) atoms. The number of carbonyl (C=O) groups is 2. The highest BCUT2D eigenvalue weighted by Gasteiger charge is 2.19. The van der Waals surface area contributed by atoms with Crippen molar-refractivity contribution in [1.29, 1.82) is 0 Å². The Kier molecular flexibility index (Phi) is 17.8. The number of esters is 2. The zero-order valence-electron chi connectivity index (χ0n) is 30.4. The number of hydrogen-bond donors (Lipinski definition) is 0. The first kappa shape index (κ1) is 39.6. The Balaban J connectivity index is 1.20. The summed E-state index contributed by atoms with van der Waals surface area (Å²) in [6, 6.07) is 33.0. The highest BCUT2D eigenvalue weighted by Crippen LogP contribution is 2.22. The van der Waals surface area contributed by atoms with E-state index >= 15 is 0 Å². The van der Waals surface area contributed by atoms with E-state index < -0.39 is 18.0 Å². The summed E-state index contributed by atoms with van der Waals surface area (Å²) in [7, 11) is 0. The lowest BCUT2D eigenvalue weighted by atomic mass is 10.1. The molecule has 4 aromatic carbocycles. The van der Waals surface area contributed by atoms with Crippen molar-refractivity contribution in [3.63, 3.8) is 0 Å². The van der Waals surface area contributed by atoms with Crippen LogP contribution in [0.3, 0.4) is 0 Å². The van der Waals surface area contributed by atoms with E-state index in [1.54, 1.807) is 24.3 Å². The zero-order valence-corrected chi connectivity index (χ0v) is 30.4. The van der Waals surface area contributed by atoms with Gasteiger partial charge in [0, 0.05) is 6.08 Å².